The lowest BCUT2D eigenvalue weighted by Crippen LogP contribution is -2.16. The maximum Gasteiger partial charge on any atom is 0.138 e. The summed E-state index contributed by atoms with van der Waals surface area (Å²) in [5.74, 6) is 0.673. The van der Waals surface area contributed by atoms with E-state index in [9.17, 15) is 0 Å². The molecule has 0 saturated heterocycles. The Balaban J connectivity index is 2.35. The first-order valence-corrected chi connectivity index (χ1v) is 5.81. The molecule has 0 saturated carbocycles. The van der Waals surface area contributed by atoms with Gasteiger partial charge in [-0.2, -0.15) is 0 Å². The minimum Gasteiger partial charge on any atom is -0.487 e. The molecule has 1 atom stereocenters. The molecule has 2 rings (SSSR count). The number of hydrogen-bond acceptors (Lipinski definition) is 3. The predicted octanol–water partition coefficient (Wildman–Crippen LogP) is 2.76. The molecule has 0 aliphatic rings. The van der Waals surface area contributed by atoms with Gasteiger partial charge in [0.2, 0.25) is 0 Å². The van der Waals surface area contributed by atoms with Crippen LogP contribution >= 0.6 is 15.9 Å². The SMILES string of the molecule is CC(CO)Oc1cnc2ccc(Br)cc2c1. The summed E-state index contributed by atoms with van der Waals surface area (Å²) in [5, 5.41) is 9.91. The largest absolute Gasteiger partial charge is 0.487 e. The second-order valence-electron chi connectivity index (χ2n) is 3.62. The Hall–Kier alpha value is -1.13. The zero-order valence-corrected chi connectivity index (χ0v) is 10.4. The summed E-state index contributed by atoms with van der Waals surface area (Å²) in [4.78, 5) is 4.28. The number of benzene rings is 1. The molecule has 1 aromatic heterocycles. The molecule has 1 aromatic carbocycles. The molecule has 0 radical (unpaired) electrons. The summed E-state index contributed by atoms with van der Waals surface area (Å²) in [5.41, 5.74) is 0.923. The van der Waals surface area contributed by atoms with E-state index in [1.807, 2.05) is 31.2 Å². The van der Waals surface area contributed by atoms with Gasteiger partial charge in [-0.3, -0.25) is 4.98 Å². The number of pyridine rings is 1. The molecule has 16 heavy (non-hydrogen) atoms. The van der Waals surface area contributed by atoms with Crippen molar-refractivity contribution in [2.45, 2.75) is 13.0 Å². The number of aromatic nitrogens is 1. The van der Waals surface area contributed by atoms with Crippen LogP contribution in [0.5, 0.6) is 5.75 Å². The van der Waals surface area contributed by atoms with E-state index in [2.05, 4.69) is 20.9 Å². The van der Waals surface area contributed by atoms with E-state index in [-0.39, 0.29) is 12.7 Å². The third kappa shape index (κ3) is 2.51. The standard InChI is InChI=1S/C12H12BrNO2/c1-8(7-15)16-11-5-9-4-10(13)2-3-12(9)14-6-11/h2-6,8,15H,7H2,1H3. The molecular weight excluding hydrogens is 270 g/mol. The van der Waals surface area contributed by atoms with Gasteiger partial charge in [-0.25, -0.2) is 0 Å². The number of nitrogens with zero attached hydrogens (tertiary/aromatic N) is 1. The van der Waals surface area contributed by atoms with Gasteiger partial charge in [0.1, 0.15) is 11.9 Å². The monoisotopic (exact) mass is 281 g/mol. The Labute approximate surface area is 102 Å². The van der Waals surface area contributed by atoms with E-state index < -0.39 is 0 Å². The van der Waals surface area contributed by atoms with Crippen molar-refractivity contribution in [1.82, 2.24) is 4.98 Å². The summed E-state index contributed by atoms with van der Waals surface area (Å²) in [6.07, 6.45) is 1.45. The lowest BCUT2D eigenvalue weighted by molar-refractivity contribution is 0.129. The average Bonchev–Trinajstić information content (AvgIpc) is 2.28. The molecule has 1 N–H and O–H groups in total. The summed E-state index contributed by atoms with van der Waals surface area (Å²) >= 11 is 3.41. The molecule has 0 bridgehead atoms. The van der Waals surface area contributed by atoms with Gasteiger partial charge in [0.15, 0.2) is 0 Å². The Kier molecular flexibility index (Phi) is 3.41. The summed E-state index contributed by atoms with van der Waals surface area (Å²) in [6, 6.07) is 7.79. The summed E-state index contributed by atoms with van der Waals surface area (Å²) in [6.45, 7) is 1.81. The fourth-order valence-electron chi connectivity index (χ4n) is 1.42. The Morgan fingerprint density at radius 3 is 3.00 bits per heavy atom. The highest BCUT2D eigenvalue weighted by Gasteiger charge is 2.04. The molecular formula is C12H12BrNO2. The molecule has 3 nitrogen and oxygen atoms in total. The second kappa shape index (κ2) is 4.80. The van der Waals surface area contributed by atoms with Crippen molar-refractivity contribution in [2.24, 2.45) is 0 Å². The number of fused-ring (bicyclic) bond motifs is 1. The van der Waals surface area contributed by atoms with Crippen LogP contribution in [0.1, 0.15) is 6.92 Å². The van der Waals surface area contributed by atoms with Crippen LogP contribution in [0.3, 0.4) is 0 Å². The quantitative estimate of drug-likeness (QED) is 0.941. The molecule has 0 aliphatic carbocycles. The van der Waals surface area contributed by atoms with Crippen molar-refractivity contribution in [3.63, 3.8) is 0 Å². The highest BCUT2D eigenvalue weighted by molar-refractivity contribution is 9.10. The highest BCUT2D eigenvalue weighted by atomic mass is 79.9. The molecule has 4 heteroatoms. The normalized spacial score (nSPS) is 12.7. The first kappa shape index (κ1) is 11.4. The van der Waals surface area contributed by atoms with Crippen LogP contribution in [0.25, 0.3) is 10.9 Å². The van der Waals surface area contributed by atoms with E-state index in [0.29, 0.717) is 5.75 Å². The predicted molar refractivity (Wildman–Crippen MR) is 66.6 cm³/mol. The van der Waals surface area contributed by atoms with Crippen LogP contribution < -0.4 is 4.74 Å². The molecule has 1 unspecified atom stereocenters. The minimum atomic E-state index is -0.216. The van der Waals surface area contributed by atoms with Gasteiger partial charge in [0, 0.05) is 9.86 Å². The lowest BCUT2D eigenvalue weighted by atomic mass is 10.2. The van der Waals surface area contributed by atoms with E-state index >= 15 is 0 Å². The van der Waals surface area contributed by atoms with Crippen molar-refractivity contribution in [2.75, 3.05) is 6.61 Å². The molecule has 0 aliphatic heterocycles. The number of aliphatic hydroxyl groups excluding tert-OH is 1. The van der Waals surface area contributed by atoms with Crippen LogP contribution in [-0.2, 0) is 0 Å². The Morgan fingerprint density at radius 2 is 2.25 bits per heavy atom. The molecule has 84 valence electrons. The maximum absolute atomic E-state index is 8.90. The second-order valence-corrected chi connectivity index (χ2v) is 4.53. The van der Waals surface area contributed by atoms with Crippen molar-refractivity contribution in [3.05, 3.63) is 34.9 Å². The van der Waals surface area contributed by atoms with Gasteiger partial charge in [0.25, 0.3) is 0 Å². The Morgan fingerprint density at radius 1 is 1.44 bits per heavy atom. The van der Waals surface area contributed by atoms with Gasteiger partial charge in [-0.1, -0.05) is 15.9 Å². The number of halogens is 1. The van der Waals surface area contributed by atoms with E-state index in [1.54, 1.807) is 6.20 Å². The first-order valence-electron chi connectivity index (χ1n) is 5.02. The van der Waals surface area contributed by atoms with Crippen LogP contribution in [0.2, 0.25) is 0 Å². The molecule has 0 fully saturated rings. The van der Waals surface area contributed by atoms with E-state index in [4.69, 9.17) is 9.84 Å². The van der Waals surface area contributed by atoms with E-state index in [0.717, 1.165) is 15.4 Å². The van der Waals surface area contributed by atoms with Crippen LogP contribution in [0, 0.1) is 0 Å². The van der Waals surface area contributed by atoms with Crippen molar-refractivity contribution < 1.29 is 9.84 Å². The van der Waals surface area contributed by atoms with Crippen LogP contribution in [-0.4, -0.2) is 22.8 Å². The van der Waals surface area contributed by atoms with Gasteiger partial charge in [0.05, 0.1) is 18.3 Å². The maximum atomic E-state index is 8.90. The van der Waals surface area contributed by atoms with Gasteiger partial charge in [-0.15, -0.1) is 0 Å². The third-order valence-corrected chi connectivity index (χ3v) is 2.71. The number of ether oxygens (including phenoxy) is 1. The van der Waals surface area contributed by atoms with Crippen LogP contribution in [0.15, 0.2) is 34.9 Å². The van der Waals surface area contributed by atoms with Crippen LogP contribution in [0.4, 0.5) is 0 Å². The number of aliphatic hydroxyl groups is 1. The molecule has 0 spiro atoms. The van der Waals surface area contributed by atoms with Crippen molar-refractivity contribution in [3.8, 4) is 5.75 Å². The van der Waals surface area contributed by atoms with E-state index in [1.165, 1.54) is 0 Å². The number of hydrogen-bond donors (Lipinski definition) is 1. The fourth-order valence-corrected chi connectivity index (χ4v) is 1.80. The first-order chi connectivity index (χ1) is 7.69. The lowest BCUT2D eigenvalue weighted by Gasteiger charge is -2.11. The third-order valence-electron chi connectivity index (χ3n) is 2.21. The highest BCUT2D eigenvalue weighted by Crippen LogP contribution is 2.22. The zero-order chi connectivity index (χ0) is 11.5. The molecule has 1 heterocycles. The topological polar surface area (TPSA) is 42.4 Å². The van der Waals surface area contributed by atoms with Crippen molar-refractivity contribution >= 4 is 26.8 Å². The fraction of sp³-hybridized carbons (Fsp3) is 0.250. The Bertz CT molecular complexity index is 501. The zero-order valence-electron chi connectivity index (χ0n) is 8.85. The smallest absolute Gasteiger partial charge is 0.138 e. The molecule has 0 amide bonds. The number of rotatable bonds is 3. The average molecular weight is 282 g/mol. The van der Waals surface area contributed by atoms with Gasteiger partial charge < -0.3 is 9.84 Å². The van der Waals surface area contributed by atoms with Crippen molar-refractivity contribution in [1.29, 1.82) is 0 Å². The van der Waals surface area contributed by atoms with Gasteiger partial charge >= 0.3 is 0 Å². The molecule has 2 aromatic rings. The van der Waals surface area contributed by atoms with Gasteiger partial charge in [-0.05, 0) is 31.2 Å². The summed E-state index contributed by atoms with van der Waals surface area (Å²) < 4.78 is 6.49. The summed E-state index contributed by atoms with van der Waals surface area (Å²) in [7, 11) is 0. The minimum absolute atomic E-state index is 0.00345.